The van der Waals surface area contributed by atoms with E-state index in [2.05, 4.69) is 37.4 Å². The monoisotopic (exact) mass is 251 g/mol. The maximum Gasteiger partial charge on any atom is 0.0638 e. The molecule has 0 bridgehead atoms. The molecule has 18 heavy (non-hydrogen) atoms. The molecule has 0 amide bonds. The van der Waals surface area contributed by atoms with Crippen molar-refractivity contribution in [3.05, 3.63) is 17.5 Å². The number of aryl methyl sites for hydroxylation is 2. The zero-order chi connectivity index (χ0) is 13.4. The number of nitrogens with one attached hydrogen (secondary N) is 1. The Morgan fingerprint density at radius 2 is 2.00 bits per heavy atom. The molecule has 1 atom stereocenters. The van der Waals surface area contributed by atoms with E-state index in [1.54, 1.807) is 0 Å². The molecule has 0 saturated carbocycles. The number of hydrogen-bond donors (Lipinski definition) is 1. The molecular formula is C15H29N3. The molecule has 3 nitrogen and oxygen atoms in total. The van der Waals surface area contributed by atoms with Crippen LogP contribution < -0.4 is 5.32 Å². The van der Waals surface area contributed by atoms with Gasteiger partial charge in [0.15, 0.2) is 0 Å². The van der Waals surface area contributed by atoms with Gasteiger partial charge in [0.05, 0.1) is 5.69 Å². The fourth-order valence-electron chi connectivity index (χ4n) is 2.26. The maximum absolute atomic E-state index is 4.36. The van der Waals surface area contributed by atoms with Crippen molar-refractivity contribution in [1.82, 2.24) is 15.1 Å². The van der Waals surface area contributed by atoms with Gasteiger partial charge >= 0.3 is 0 Å². The lowest BCUT2D eigenvalue weighted by atomic mass is 10.1. The van der Waals surface area contributed by atoms with Crippen molar-refractivity contribution in [1.29, 1.82) is 0 Å². The normalized spacial score (nSPS) is 12.9. The van der Waals surface area contributed by atoms with E-state index in [0.717, 1.165) is 12.2 Å². The third-order valence-corrected chi connectivity index (χ3v) is 3.50. The topological polar surface area (TPSA) is 29.9 Å². The third-order valence-electron chi connectivity index (χ3n) is 3.50. The van der Waals surface area contributed by atoms with E-state index < -0.39 is 0 Å². The first-order valence-electron chi connectivity index (χ1n) is 7.36. The fourth-order valence-corrected chi connectivity index (χ4v) is 2.26. The molecular weight excluding hydrogens is 222 g/mol. The molecule has 0 saturated heterocycles. The van der Waals surface area contributed by atoms with Crippen molar-refractivity contribution < 1.29 is 0 Å². The highest BCUT2D eigenvalue weighted by molar-refractivity contribution is 5.14. The Morgan fingerprint density at radius 1 is 1.28 bits per heavy atom. The summed E-state index contributed by atoms with van der Waals surface area (Å²) in [6.45, 7) is 7.56. The molecule has 0 radical (unpaired) electrons. The van der Waals surface area contributed by atoms with E-state index in [1.807, 2.05) is 11.7 Å². The van der Waals surface area contributed by atoms with Crippen molar-refractivity contribution in [2.75, 3.05) is 0 Å². The summed E-state index contributed by atoms with van der Waals surface area (Å²) in [5.74, 6) is 0. The van der Waals surface area contributed by atoms with E-state index in [0.29, 0.717) is 6.04 Å². The Hall–Kier alpha value is -0.830. The van der Waals surface area contributed by atoms with E-state index in [4.69, 9.17) is 0 Å². The van der Waals surface area contributed by atoms with Gasteiger partial charge in [0.1, 0.15) is 0 Å². The van der Waals surface area contributed by atoms with Crippen molar-refractivity contribution in [2.45, 2.75) is 71.9 Å². The summed E-state index contributed by atoms with van der Waals surface area (Å²) < 4.78 is 1.89. The smallest absolute Gasteiger partial charge is 0.0638 e. The van der Waals surface area contributed by atoms with Crippen LogP contribution in [0.15, 0.2) is 6.20 Å². The molecule has 1 N–H and O–H groups in total. The van der Waals surface area contributed by atoms with Crippen molar-refractivity contribution in [3.8, 4) is 0 Å². The summed E-state index contributed by atoms with van der Waals surface area (Å²) in [4.78, 5) is 0. The zero-order valence-corrected chi connectivity index (χ0v) is 12.5. The van der Waals surface area contributed by atoms with E-state index in [-0.39, 0.29) is 0 Å². The van der Waals surface area contributed by atoms with Gasteiger partial charge < -0.3 is 5.32 Å². The predicted molar refractivity (Wildman–Crippen MR) is 77.6 cm³/mol. The molecule has 1 aromatic heterocycles. The Morgan fingerprint density at radius 3 is 2.61 bits per heavy atom. The Labute approximate surface area is 112 Å². The molecule has 0 aliphatic carbocycles. The van der Waals surface area contributed by atoms with Crippen molar-refractivity contribution >= 4 is 0 Å². The number of hydrogen-bond acceptors (Lipinski definition) is 2. The van der Waals surface area contributed by atoms with E-state index >= 15 is 0 Å². The molecule has 1 aromatic rings. The van der Waals surface area contributed by atoms with Crippen LogP contribution in [-0.4, -0.2) is 15.8 Å². The first kappa shape index (κ1) is 15.2. The van der Waals surface area contributed by atoms with Crippen molar-refractivity contribution in [2.24, 2.45) is 7.05 Å². The second-order valence-corrected chi connectivity index (χ2v) is 5.40. The predicted octanol–water partition coefficient (Wildman–Crippen LogP) is 3.57. The largest absolute Gasteiger partial charge is 0.310 e. The molecule has 0 spiro atoms. The van der Waals surface area contributed by atoms with Crippen LogP contribution in [0.1, 0.15) is 63.6 Å². The summed E-state index contributed by atoms with van der Waals surface area (Å²) in [7, 11) is 1.98. The lowest BCUT2D eigenvalue weighted by Crippen LogP contribution is -2.25. The average molecular weight is 251 g/mol. The van der Waals surface area contributed by atoms with E-state index in [9.17, 15) is 0 Å². The van der Waals surface area contributed by atoms with Crippen LogP contribution in [0.25, 0.3) is 0 Å². The van der Waals surface area contributed by atoms with Gasteiger partial charge in [0.25, 0.3) is 0 Å². The molecule has 1 unspecified atom stereocenters. The molecule has 0 aromatic carbocycles. The van der Waals surface area contributed by atoms with Gasteiger partial charge in [-0.2, -0.15) is 5.10 Å². The summed E-state index contributed by atoms with van der Waals surface area (Å²) >= 11 is 0. The lowest BCUT2D eigenvalue weighted by Gasteiger charge is -2.13. The number of unbranched alkanes of at least 4 members (excludes halogenated alkanes) is 4. The average Bonchev–Trinajstić information content (AvgIpc) is 2.65. The minimum Gasteiger partial charge on any atom is -0.310 e. The number of nitrogens with zero attached hydrogens (tertiary/aromatic N) is 2. The van der Waals surface area contributed by atoms with Crippen LogP contribution in [0.5, 0.6) is 0 Å². The molecule has 0 aliphatic rings. The summed E-state index contributed by atoms with van der Waals surface area (Å²) in [5.41, 5.74) is 2.45. The zero-order valence-electron chi connectivity index (χ0n) is 12.5. The molecule has 0 aliphatic heterocycles. The van der Waals surface area contributed by atoms with Gasteiger partial charge in [-0.1, -0.05) is 39.0 Å². The highest BCUT2D eigenvalue weighted by atomic mass is 15.2. The first-order valence-corrected chi connectivity index (χ1v) is 7.36. The first-order chi connectivity index (χ1) is 8.63. The number of aromatic nitrogens is 2. The van der Waals surface area contributed by atoms with Gasteiger partial charge in [-0.3, -0.25) is 4.68 Å². The highest BCUT2D eigenvalue weighted by Gasteiger charge is 2.05. The second kappa shape index (κ2) is 8.30. The minimum absolute atomic E-state index is 0.603. The van der Waals surface area contributed by atoms with Gasteiger partial charge in [-0.15, -0.1) is 0 Å². The van der Waals surface area contributed by atoms with Crippen molar-refractivity contribution in [3.63, 3.8) is 0 Å². The molecule has 104 valence electrons. The summed E-state index contributed by atoms with van der Waals surface area (Å²) in [6.07, 6.45) is 10.2. The van der Waals surface area contributed by atoms with Gasteiger partial charge in [-0.05, 0) is 20.3 Å². The lowest BCUT2D eigenvalue weighted by molar-refractivity contribution is 0.479. The van der Waals surface area contributed by atoms with Gasteiger partial charge in [0, 0.05) is 31.4 Å². The number of rotatable bonds is 9. The fraction of sp³-hybridized carbons (Fsp3) is 0.800. The van der Waals surface area contributed by atoms with Crippen LogP contribution in [0.4, 0.5) is 0 Å². The van der Waals surface area contributed by atoms with E-state index in [1.165, 1.54) is 44.1 Å². The third kappa shape index (κ3) is 5.67. The van der Waals surface area contributed by atoms with Crippen LogP contribution in [0.2, 0.25) is 0 Å². The van der Waals surface area contributed by atoms with Gasteiger partial charge in [0.2, 0.25) is 0 Å². The van der Waals surface area contributed by atoms with Crippen LogP contribution in [-0.2, 0) is 13.6 Å². The Kier molecular flexibility index (Phi) is 7.02. The maximum atomic E-state index is 4.36. The Balaban J connectivity index is 2.13. The minimum atomic E-state index is 0.603. The van der Waals surface area contributed by atoms with Gasteiger partial charge in [-0.25, -0.2) is 0 Å². The molecule has 1 rings (SSSR count). The summed E-state index contributed by atoms with van der Waals surface area (Å²) in [5, 5.41) is 7.95. The van der Waals surface area contributed by atoms with Crippen LogP contribution >= 0.6 is 0 Å². The molecule has 1 heterocycles. The van der Waals surface area contributed by atoms with Crippen LogP contribution in [0.3, 0.4) is 0 Å². The molecule has 0 fully saturated rings. The van der Waals surface area contributed by atoms with Crippen LogP contribution in [0, 0.1) is 6.92 Å². The summed E-state index contributed by atoms with van der Waals surface area (Å²) in [6, 6.07) is 0.603. The standard InChI is InChI=1S/C15H29N3/c1-5-6-7-8-9-10-13(2)16-11-15-12-18(4)17-14(15)3/h12-13,16H,5-11H2,1-4H3. The Bertz CT molecular complexity index is 330. The quantitative estimate of drug-likeness (QED) is 0.680. The highest BCUT2D eigenvalue weighted by Crippen LogP contribution is 2.09. The second-order valence-electron chi connectivity index (χ2n) is 5.40. The SMILES string of the molecule is CCCCCCCC(C)NCc1cn(C)nc1C. The molecule has 3 heteroatoms.